The van der Waals surface area contributed by atoms with Gasteiger partial charge in [0.1, 0.15) is 0 Å². The Labute approximate surface area is 76.6 Å². The number of primary amides is 1. The van der Waals surface area contributed by atoms with E-state index in [2.05, 4.69) is 11.9 Å². The van der Waals surface area contributed by atoms with Crippen LogP contribution in [-0.4, -0.2) is 30.1 Å². The smallest absolute Gasteiger partial charge is 0.332 e. The highest BCUT2D eigenvalue weighted by atomic mass is 16.4. The molecule has 0 aromatic rings. The predicted molar refractivity (Wildman–Crippen MR) is 48.1 cm³/mol. The molecule has 1 amide bonds. The monoisotopic (exact) mass is 186 g/mol. The van der Waals surface area contributed by atoms with Crippen LogP contribution >= 0.6 is 0 Å². The van der Waals surface area contributed by atoms with Crippen molar-refractivity contribution in [2.24, 2.45) is 5.73 Å². The van der Waals surface area contributed by atoms with E-state index in [9.17, 15) is 9.59 Å². The van der Waals surface area contributed by atoms with Crippen LogP contribution < -0.4 is 11.1 Å². The SMILES string of the molecule is C=C(CNCCCC(N)=O)C(=O)O. The number of carboxylic acids is 1. The minimum absolute atomic E-state index is 0.110. The van der Waals surface area contributed by atoms with E-state index in [1.54, 1.807) is 0 Å². The van der Waals surface area contributed by atoms with Crippen molar-refractivity contribution in [2.45, 2.75) is 12.8 Å². The first-order chi connectivity index (χ1) is 6.04. The molecule has 0 aliphatic heterocycles. The molecule has 13 heavy (non-hydrogen) atoms. The normalized spacial score (nSPS) is 9.54. The minimum Gasteiger partial charge on any atom is -0.478 e. The average Bonchev–Trinajstić information content (AvgIpc) is 2.02. The van der Waals surface area contributed by atoms with Gasteiger partial charge in [0, 0.05) is 18.5 Å². The number of nitrogens with one attached hydrogen (secondary N) is 1. The number of aliphatic carboxylic acids is 1. The zero-order chi connectivity index (χ0) is 10.3. The fraction of sp³-hybridized carbons (Fsp3) is 0.500. The van der Waals surface area contributed by atoms with Gasteiger partial charge in [0.15, 0.2) is 0 Å². The van der Waals surface area contributed by atoms with E-state index in [0.29, 0.717) is 19.4 Å². The lowest BCUT2D eigenvalue weighted by Crippen LogP contribution is -2.22. The number of rotatable bonds is 7. The van der Waals surface area contributed by atoms with Gasteiger partial charge in [0.05, 0.1) is 0 Å². The Morgan fingerprint density at radius 3 is 2.54 bits per heavy atom. The molecule has 0 radical (unpaired) electrons. The summed E-state index contributed by atoms with van der Waals surface area (Å²) in [5, 5.41) is 11.2. The summed E-state index contributed by atoms with van der Waals surface area (Å²) < 4.78 is 0. The van der Waals surface area contributed by atoms with Crippen molar-refractivity contribution in [3.8, 4) is 0 Å². The van der Waals surface area contributed by atoms with E-state index in [4.69, 9.17) is 10.8 Å². The maximum Gasteiger partial charge on any atom is 0.332 e. The van der Waals surface area contributed by atoms with Crippen molar-refractivity contribution in [1.82, 2.24) is 5.32 Å². The first-order valence-electron chi connectivity index (χ1n) is 3.94. The lowest BCUT2D eigenvalue weighted by atomic mass is 10.2. The highest BCUT2D eigenvalue weighted by molar-refractivity contribution is 5.86. The van der Waals surface area contributed by atoms with Crippen LogP contribution in [0.15, 0.2) is 12.2 Å². The second-order valence-corrected chi connectivity index (χ2v) is 2.66. The first-order valence-corrected chi connectivity index (χ1v) is 3.94. The molecule has 0 rings (SSSR count). The zero-order valence-corrected chi connectivity index (χ0v) is 7.38. The number of hydrogen-bond donors (Lipinski definition) is 3. The number of carboxylic acid groups (broad SMARTS) is 1. The van der Waals surface area contributed by atoms with E-state index in [1.807, 2.05) is 0 Å². The topological polar surface area (TPSA) is 92.4 Å². The number of nitrogens with two attached hydrogens (primary N) is 1. The van der Waals surface area contributed by atoms with Crippen LogP contribution in [0.25, 0.3) is 0 Å². The molecule has 0 aromatic heterocycles. The van der Waals surface area contributed by atoms with Crippen LogP contribution in [0.5, 0.6) is 0 Å². The summed E-state index contributed by atoms with van der Waals surface area (Å²) in [6, 6.07) is 0. The number of carbonyl (C=O) groups is 2. The number of hydrogen-bond acceptors (Lipinski definition) is 3. The molecule has 0 heterocycles. The van der Waals surface area contributed by atoms with E-state index in [1.165, 1.54) is 0 Å². The molecule has 5 heteroatoms. The Kier molecular flexibility index (Phi) is 5.54. The highest BCUT2D eigenvalue weighted by Crippen LogP contribution is 1.88. The minimum atomic E-state index is -1.01. The van der Waals surface area contributed by atoms with Crippen molar-refractivity contribution in [3.05, 3.63) is 12.2 Å². The molecule has 0 spiro atoms. The van der Waals surface area contributed by atoms with Gasteiger partial charge in [-0.2, -0.15) is 0 Å². The van der Waals surface area contributed by atoms with Gasteiger partial charge >= 0.3 is 5.97 Å². The van der Waals surface area contributed by atoms with Gasteiger partial charge in [-0.25, -0.2) is 4.79 Å². The van der Waals surface area contributed by atoms with Crippen LogP contribution in [0.4, 0.5) is 0 Å². The molecule has 0 saturated carbocycles. The maximum atomic E-state index is 10.3. The first kappa shape index (κ1) is 11.6. The van der Waals surface area contributed by atoms with Crippen LogP contribution in [0.3, 0.4) is 0 Å². The third kappa shape index (κ3) is 7.02. The second-order valence-electron chi connectivity index (χ2n) is 2.66. The Morgan fingerprint density at radius 2 is 2.08 bits per heavy atom. The molecule has 0 aliphatic rings. The van der Waals surface area contributed by atoms with Crippen molar-refractivity contribution in [2.75, 3.05) is 13.1 Å². The summed E-state index contributed by atoms with van der Waals surface area (Å²) in [5.41, 5.74) is 5.01. The van der Waals surface area contributed by atoms with E-state index in [0.717, 1.165) is 0 Å². The molecular weight excluding hydrogens is 172 g/mol. The van der Waals surface area contributed by atoms with Gasteiger partial charge < -0.3 is 16.2 Å². The largest absolute Gasteiger partial charge is 0.478 e. The molecule has 0 unspecified atom stereocenters. The molecule has 5 nitrogen and oxygen atoms in total. The van der Waals surface area contributed by atoms with Crippen molar-refractivity contribution < 1.29 is 14.7 Å². The highest BCUT2D eigenvalue weighted by Gasteiger charge is 2.02. The van der Waals surface area contributed by atoms with Gasteiger partial charge in [-0.3, -0.25) is 4.79 Å². The summed E-state index contributed by atoms with van der Waals surface area (Å²) >= 11 is 0. The third-order valence-corrected chi connectivity index (χ3v) is 1.42. The summed E-state index contributed by atoms with van der Waals surface area (Å²) in [6.07, 6.45) is 0.925. The Hall–Kier alpha value is -1.36. The van der Waals surface area contributed by atoms with Crippen LogP contribution in [0.1, 0.15) is 12.8 Å². The molecule has 0 bridgehead atoms. The lowest BCUT2D eigenvalue weighted by Gasteiger charge is -2.02. The second kappa shape index (κ2) is 6.19. The van der Waals surface area contributed by atoms with Crippen molar-refractivity contribution in [1.29, 1.82) is 0 Å². The average molecular weight is 186 g/mol. The van der Waals surface area contributed by atoms with E-state index < -0.39 is 5.97 Å². The lowest BCUT2D eigenvalue weighted by molar-refractivity contribution is -0.132. The van der Waals surface area contributed by atoms with Crippen molar-refractivity contribution >= 4 is 11.9 Å². The zero-order valence-electron chi connectivity index (χ0n) is 7.38. The Morgan fingerprint density at radius 1 is 1.46 bits per heavy atom. The molecule has 0 aliphatic carbocycles. The summed E-state index contributed by atoms with van der Waals surface area (Å²) in [4.78, 5) is 20.5. The molecule has 4 N–H and O–H groups in total. The van der Waals surface area contributed by atoms with Crippen LogP contribution in [-0.2, 0) is 9.59 Å². The summed E-state index contributed by atoms with van der Waals surface area (Å²) in [6.45, 7) is 4.13. The van der Waals surface area contributed by atoms with E-state index >= 15 is 0 Å². The van der Waals surface area contributed by atoms with E-state index in [-0.39, 0.29) is 18.0 Å². The van der Waals surface area contributed by atoms with Crippen LogP contribution in [0, 0.1) is 0 Å². The van der Waals surface area contributed by atoms with Gasteiger partial charge in [0.2, 0.25) is 5.91 Å². The molecule has 74 valence electrons. The summed E-state index contributed by atoms with van der Waals surface area (Å²) in [5.74, 6) is -1.36. The molecule has 0 atom stereocenters. The Balaban J connectivity index is 3.31. The van der Waals surface area contributed by atoms with Gasteiger partial charge in [-0.1, -0.05) is 6.58 Å². The summed E-state index contributed by atoms with van der Waals surface area (Å²) in [7, 11) is 0. The van der Waals surface area contributed by atoms with Gasteiger partial charge in [-0.15, -0.1) is 0 Å². The molecule has 0 aromatic carbocycles. The molecule has 0 saturated heterocycles. The standard InChI is InChI=1S/C8H14N2O3/c1-6(8(12)13)5-10-4-2-3-7(9)11/h10H,1-5H2,(H2,9,11)(H,12,13). The number of amides is 1. The molecule has 0 fully saturated rings. The quantitative estimate of drug-likeness (QED) is 0.368. The van der Waals surface area contributed by atoms with Crippen LogP contribution in [0.2, 0.25) is 0 Å². The predicted octanol–water partition coefficient (Wildman–Crippen LogP) is -0.518. The van der Waals surface area contributed by atoms with Crippen molar-refractivity contribution in [3.63, 3.8) is 0 Å². The fourth-order valence-electron chi connectivity index (χ4n) is 0.703. The van der Waals surface area contributed by atoms with Gasteiger partial charge in [0.25, 0.3) is 0 Å². The molecular formula is C8H14N2O3. The third-order valence-electron chi connectivity index (χ3n) is 1.42. The van der Waals surface area contributed by atoms with Gasteiger partial charge in [-0.05, 0) is 13.0 Å². The number of carbonyl (C=O) groups excluding carboxylic acids is 1. The maximum absolute atomic E-state index is 10.3. The Bertz CT molecular complexity index is 213. The fourth-order valence-corrected chi connectivity index (χ4v) is 0.703.